The average Bonchev–Trinajstić information content (AvgIpc) is 2.65. The van der Waals surface area contributed by atoms with E-state index in [1.54, 1.807) is 0 Å². The zero-order valence-electron chi connectivity index (χ0n) is 15.2. The van der Waals surface area contributed by atoms with Gasteiger partial charge >= 0.3 is 0 Å². The fourth-order valence-electron chi connectivity index (χ4n) is 6.09. The highest BCUT2D eigenvalue weighted by Crippen LogP contribution is 2.56. The molecule has 2 fully saturated rings. The van der Waals surface area contributed by atoms with Gasteiger partial charge in [-0.2, -0.15) is 0 Å². The van der Waals surface area contributed by atoms with Crippen LogP contribution in [0.3, 0.4) is 0 Å². The molecule has 0 aromatic heterocycles. The SMILES string of the molecule is Br.Oc1ccc2c(c1)[C@@]13CCCC[C@H]1[C@@H](C2)N(Cc1ccccc1)CC3. The topological polar surface area (TPSA) is 23.5 Å². The molecule has 3 aliphatic rings. The van der Waals surface area contributed by atoms with E-state index in [4.69, 9.17) is 0 Å². The van der Waals surface area contributed by atoms with E-state index in [9.17, 15) is 5.11 Å². The molecule has 2 bridgehead atoms. The van der Waals surface area contributed by atoms with Gasteiger partial charge in [-0.3, -0.25) is 4.90 Å². The van der Waals surface area contributed by atoms with Crippen molar-refractivity contribution < 1.29 is 5.11 Å². The first-order valence-corrected chi connectivity index (χ1v) is 9.87. The molecule has 1 N–H and O–H groups in total. The molecule has 3 heteroatoms. The van der Waals surface area contributed by atoms with Crippen molar-refractivity contribution in [2.24, 2.45) is 5.92 Å². The monoisotopic (exact) mass is 413 g/mol. The molecule has 0 radical (unpaired) electrons. The van der Waals surface area contributed by atoms with E-state index >= 15 is 0 Å². The second kappa shape index (κ2) is 7.01. The zero-order valence-corrected chi connectivity index (χ0v) is 16.9. The summed E-state index contributed by atoms with van der Waals surface area (Å²) < 4.78 is 0. The van der Waals surface area contributed by atoms with Crippen molar-refractivity contribution in [3.8, 4) is 5.75 Å². The minimum absolute atomic E-state index is 0. The fraction of sp³-hybridized carbons (Fsp3) is 0.478. The van der Waals surface area contributed by atoms with Crippen LogP contribution in [0.2, 0.25) is 0 Å². The Labute approximate surface area is 167 Å². The molecule has 1 heterocycles. The molecule has 5 rings (SSSR count). The lowest BCUT2D eigenvalue weighted by molar-refractivity contribution is -0.0157. The summed E-state index contributed by atoms with van der Waals surface area (Å²) in [7, 11) is 0. The van der Waals surface area contributed by atoms with Crippen LogP contribution in [-0.2, 0) is 18.4 Å². The quantitative estimate of drug-likeness (QED) is 0.728. The Morgan fingerprint density at radius 1 is 1.04 bits per heavy atom. The summed E-state index contributed by atoms with van der Waals surface area (Å²) in [6.07, 6.45) is 7.77. The molecule has 2 aliphatic carbocycles. The number of rotatable bonds is 2. The third-order valence-corrected chi connectivity index (χ3v) is 7.16. The molecule has 26 heavy (non-hydrogen) atoms. The number of phenols is 1. The van der Waals surface area contributed by atoms with Gasteiger partial charge in [0, 0.05) is 18.0 Å². The predicted octanol–water partition coefficient (Wildman–Crippen LogP) is 5.23. The van der Waals surface area contributed by atoms with Gasteiger partial charge in [-0.1, -0.05) is 49.2 Å². The Balaban J connectivity index is 0.00000168. The molecule has 2 nitrogen and oxygen atoms in total. The number of fused-ring (bicyclic) bond motifs is 1. The zero-order chi connectivity index (χ0) is 16.9. The van der Waals surface area contributed by atoms with E-state index in [0.717, 1.165) is 18.9 Å². The molecule has 138 valence electrons. The van der Waals surface area contributed by atoms with Crippen LogP contribution < -0.4 is 0 Å². The highest BCUT2D eigenvalue weighted by molar-refractivity contribution is 8.93. The predicted molar refractivity (Wildman–Crippen MR) is 111 cm³/mol. The molecule has 0 spiro atoms. The number of nitrogens with zero attached hydrogens (tertiary/aromatic N) is 1. The first-order valence-electron chi connectivity index (χ1n) is 9.87. The molecular weight excluding hydrogens is 386 g/mol. The van der Waals surface area contributed by atoms with Crippen LogP contribution in [0.25, 0.3) is 0 Å². The molecule has 1 aliphatic heterocycles. The second-order valence-electron chi connectivity index (χ2n) is 8.33. The van der Waals surface area contributed by atoms with Crippen molar-refractivity contribution in [3.63, 3.8) is 0 Å². The second-order valence-corrected chi connectivity index (χ2v) is 8.33. The van der Waals surface area contributed by atoms with Crippen LogP contribution in [0.15, 0.2) is 48.5 Å². The van der Waals surface area contributed by atoms with Crippen molar-refractivity contribution in [3.05, 3.63) is 65.2 Å². The lowest BCUT2D eigenvalue weighted by Gasteiger charge is -2.59. The van der Waals surface area contributed by atoms with E-state index in [1.165, 1.54) is 55.3 Å². The third kappa shape index (κ3) is 2.80. The number of piperidine rings is 1. The maximum absolute atomic E-state index is 10.1. The summed E-state index contributed by atoms with van der Waals surface area (Å²) >= 11 is 0. The van der Waals surface area contributed by atoms with Crippen molar-refractivity contribution >= 4 is 17.0 Å². The molecule has 2 aromatic rings. The lowest BCUT2D eigenvalue weighted by Crippen LogP contribution is -2.60. The van der Waals surface area contributed by atoms with Gasteiger partial charge in [0.1, 0.15) is 5.75 Å². The molecule has 0 amide bonds. The van der Waals surface area contributed by atoms with Crippen LogP contribution >= 0.6 is 17.0 Å². The fourth-order valence-corrected chi connectivity index (χ4v) is 6.09. The lowest BCUT2D eigenvalue weighted by atomic mass is 9.52. The van der Waals surface area contributed by atoms with Crippen LogP contribution in [0, 0.1) is 5.92 Å². The Morgan fingerprint density at radius 2 is 1.88 bits per heavy atom. The first-order chi connectivity index (χ1) is 12.3. The minimum atomic E-state index is 0. The first kappa shape index (κ1) is 18.1. The summed E-state index contributed by atoms with van der Waals surface area (Å²) in [4.78, 5) is 2.75. The number of halogens is 1. The number of aromatic hydroxyl groups is 1. The van der Waals surface area contributed by atoms with Crippen molar-refractivity contribution in [2.75, 3.05) is 6.54 Å². The van der Waals surface area contributed by atoms with Crippen LogP contribution in [0.4, 0.5) is 0 Å². The van der Waals surface area contributed by atoms with Gasteiger partial charge in [-0.15, -0.1) is 17.0 Å². The Morgan fingerprint density at radius 3 is 2.73 bits per heavy atom. The maximum Gasteiger partial charge on any atom is 0.115 e. The number of phenolic OH excluding ortho intramolecular Hbond substituents is 1. The maximum atomic E-state index is 10.1. The molecule has 0 unspecified atom stereocenters. The van der Waals surface area contributed by atoms with Gasteiger partial charge in [-0.05, 0) is 67.0 Å². The third-order valence-electron chi connectivity index (χ3n) is 7.16. The van der Waals surface area contributed by atoms with E-state index in [1.807, 2.05) is 6.07 Å². The van der Waals surface area contributed by atoms with E-state index < -0.39 is 0 Å². The van der Waals surface area contributed by atoms with Gasteiger partial charge < -0.3 is 5.11 Å². The van der Waals surface area contributed by atoms with Crippen LogP contribution in [0.1, 0.15) is 48.8 Å². The van der Waals surface area contributed by atoms with Crippen LogP contribution in [-0.4, -0.2) is 22.6 Å². The Bertz CT molecular complexity index is 777. The molecule has 1 saturated heterocycles. The Kier molecular flexibility index (Phi) is 4.87. The van der Waals surface area contributed by atoms with Gasteiger partial charge in [0.05, 0.1) is 0 Å². The molecule has 3 atom stereocenters. The van der Waals surface area contributed by atoms with E-state index in [0.29, 0.717) is 17.2 Å². The van der Waals surface area contributed by atoms with Gasteiger partial charge in [0.25, 0.3) is 0 Å². The van der Waals surface area contributed by atoms with Crippen molar-refractivity contribution in [1.82, 2.24) is 4.90 Å². The summed E-state index contributed by atoms with van der Waals surface area (Å²) in [6.45, 7) is 2.26. The van der Waals surface area contributed by atoms with Crippen LogP contribution in [0.5, 0.6) is 5.75 Å². The summed E-state index contributed by atoms with van der Waals surface area (Å²) in [5.74, 6) is 1.20. The van der Waals surface area contributed by atoms with E-state index in [-0.39, 0.29) is 17.0 Å². The van der Waals surface area contributed by atoms with Gasteiger partial charge in [0.15, 0.2) is 0 Å². The standard InChI is InChI=1S/C23H27NO.BrH/c25-19-10-9-18-14-22-20-8-4-5-11-23(20,21(18)15-19)12-13-24(22)16-17-6-2-1-3-7-17;/h1-3,6-7,9-10,15,20,22,25H,4-5,8,11-14,16H2;1H/t20-,22+,23+;/m0./s1. The number of hydrogen-bond donors (Lipinski definition) is 1. The number of hydrogen-bond acceptors (Lipinski definition) is 2. The summed E-state index contributed by atoms with van der Waals surface area (Å²) in [6, 6.07) is 17.8. The van der Waals surface area contributed by atoms with Crippen molar-refractivity contribution in [2.45, 2.75) is 56.5 Å². The highest BCUT2D eigenvalue weighted by atomic mass is 79.9. The summed E-state index contributed by atoms with van der Waals surface area (Å²) in [5, 5.41) is 10.1. The Hall–Kier alpha value is -1.32. The van der Waals surface area contributed by atoms with Crippen molar-refractivity contribution in [1.29, 1.82) is 0 Å². The summed E-state index contributed by atoms with van der Waals surface area (Å²) in [5.41, 5.74) is 4.72. The van der Waals surface area contributed by atoms with Gasteiger partial charge in [-0.25, -0.2) is 0 Å². The van der Waals surface area contributed by atoms with Gasteiger partial charge in [0.2, 0.25) is 0 Å². The highest BCUT2D eigenvalue weighted by Gasteiger charge is 2.53. The number of likely N-dealkylation sites (tertiary alicyclic amines) is 1. The minimum Gasteiger partial charge on any atom is -0.508 e. The molecular formula is C23H28BrNO. The molecule has 2 aromatic carbocycles. The number of benzene rings is 2. The van der Waals surface area contributed by atoms with E-state index in [2.05, 4.69) is 47.4 Å². The normalized spacial score (nSPS) is 30.0. The smallest absolute Gasteiger partial charge is 0.115 e. The largest absolute Gasteiger partial charge is 0.508 e. The average molecular weight is 414 g/mol. The molecule has 1 saturated carbocycles.